The van der Waals surface area contributed by atoms with Gasteiger partial charge in [-0.3, -0.25) is 14.9 Å². The third-order valence-corrected chi connectivity index (χ3v) is 4.82. The lowest BCUT2D eigenvalue weighted by Gasteiger charge is -2.09. The number of nitrogens with one attached hydrogen (secondary N) is 1. The van der Waals surface area contributed by atoms with Crippen LogP contribution in [0.2, 0.25) is 0 Å². The van der Waals surface area contributed by atoms with E-state index in [4.69, 9.17) is 0 Å². The van der Waals surface area contributed by atoms with Gasteiger partial charge in [0, 0.05) is 16.8 Å². The molecule has 0 amide bonds. The maximum Gasteiger partial charge on any atom is 0.159 e. The molecule has 2 aromatic heterocycles. The lowest BCUT2D eigenvalue weighted by atomic mass is 9.96. The molecule has 0 fully saturated rings. The third-order valence-electron chi connectivity index (χ3n) is 4.82. The van der Waals surface area contributed by atoms with E-state index in [1.807, 2.05) is 55.6 Å². The Hall–Kier alpha value is -3.53. The Morgan fingerprint density at radius 1 is 1.07 bits per heavy atom. The Morgan fingerprint density at radius 2 is 1.93 bits per heavy atom. The van der Waals surface area contributed by atoms with Gasteiger partial charge in [-0.25, -0.2) is 0 Å². The smallest absolute Gasteiger partial charge is 0.159 e. The van der Waals surface area contributed by atoms with Crippen molar-refractivity contribution >= 4 is 11.4 Å². The van der Waals surface area contributed by atoms with Crippen molar-refractivity contribution in [1.82, 2.24) is 15.2 Å². The normalized spacial score (nSPS) is 20.2. The van der Waals surface area contributed by atoms with Crippen LogP contribution in [0.5, 0.6) is 0 Å². The largest absolute Gasteiger partial charge is 0.295 e. The van der Waals surface area contributed by atoms with Crippen LogP contribution in [0.4, 0.5) is 0 Å². The average molecular weight is 367 g/mol. The van der Waals surface area contributed by atoms with E-state index in [0.29, 0.717) is 0 Å². The quantitative estimate of drug-likeness (QED) is 0.825. The van der Waals surface area contributed by atoms with Gasteiger partial charge in [0.15, 0.2) is 5.78 Å². The Morgan fingerprint density at radius 3 is 2.75 bits per heavy atom. The predicted octanol–water partition coefficient (Wildman–Crippen LogP) is 5.06. The van der Waals surface area contributed by atoms with Crippen molar-refractivity contribution in [3.05, 3.63) is 101 Å². The van der Waals surface area contributed by atoms with Gasteiger partial charge in [-0.05, 0) is 55.2 Å². The topological polar surface area (TPSA) is 58.6 Å². The van der Waals surface area contributed by atoms with Crippen molar-refractivity contribution in [1.29, 1.82) is 0 Å². The lowest BCUT2D eigenvalue weighted by molar-refractivity contribution is -0.113. The molecule has 0 radical (unpaired) electrons. The zero-order valence-corrected chi connectivity index (χ0v) is 15.9. The standard InChI is InChI=1S/C24H21N3O/c1-16-6-3-11-23(26-16)24-22(15-25-27-24)19-8-5-10-21-14-20(17(2)28)9-4-7-18(21)12-13-19/h3,5-15H,4H2,1-2H3,(H,25,27)/b10-5+,13-12-,19-8-. The van der Waals surface area contributed by atoms with Crippen LogP contribution >= 0.6 is 0 Å². The van der Waals surface area contributed by atoms with Gasteiger partial charge < -0.3 is 0 Å². The van der Waals surface area contributed by atoms with Crippen LogP contribution in [0.3, 0.4) is 0 Å². The van der Waals surface area contributed by atoms with Crippen molar-refractivity contribution in [2.24, 2.45) is 0 Å². The number of aryl methyl sites for hydroxylation is 1. The third kappa shape index (κ3) is 3.62. The highest BCUT2D eigenvalue weighted by Crippen LogP contribution is 2.30. The maximum atomic E-state index is 11.8. The van der Waals surface area contributed by atoms with E-state index in [2.05, 4.69) is 39.5 Å². The fourth-order valence-electron chi connectivity index (χ4n) is 3.35. The molecule has 0 saturated heterocycles. The van der Waals surface area contributed by atoms with E-state index in [0.717, 1.165) is 51.4 Å². The summed E-state index contributed by atoms with van der Waals surface area (Å²) in [5, 5.41) is 7.33. The lowest BCUT2D eigenvalue weighted by Crippen LogP contribution is -1.94. The second-order valence-corrected chi connectivity index (χ2v) is 6.85. The number of nitrogens with zero attached hydrogens (tertiary/aromatic N) is 2. The van der Waals surface area contributed by atoms with Gasteiger partial charge in [0.1, 0.15) is 0 Å². The number of hydrogen-bond acceptors (Lipinski definition) is 3. The monoisotopic (exact) mass is 367 g/mol. The van der Waals surface area contributed by atoms with Gasteiger partial charge in [-0.15, -0.1) is 0 Å². The van der Waals surface area contributed by atoms with Crippen molar-refractivity contribution < 1.29 is 4.79 Å². The number of carbonyl (C=O) groups excluding carboxylic acids is 1. The predicted molar refractivity (Wildman–Crippen MR) is 112 cm³/mol. The molecule has 1 N–H and O–H groups in total. The number of pyridine rings is 1. The summed E-state index contributed by atoms with van der Waals surface area (Å²) in [6.07, 6.45) is 18.9. The highest BCUT2D eigenvalue weighted by Gasteiger charge is 2.14. The van der Waals surface area contributed by atoms with Crippen LogP contribution in [0.25, 0.3) is 17.0 Å². The molecule has 2 aliphatic carbocycles. The van der Waals surface area contributed by atoms with Crippen LogP contribution in [0.1, 0.15) is 24.6 Å². The molecule has 0 bridgehead atoms. The molecule has 28 heavy (non-hydrogen) atoms. The van der Waals surface area contributed by atoms with Gasteiger partial charge in [-0.2, -0.15) is 5.10 Å². The molecule has 0 atom stereocenters. The van der Waals surface area contributed by atoms with Gasteiger partial charge in [0.05, 0.1) is 17.6 Å². The molecule has 138 valence electrons. The molecule has 4 heteroatoms. The van der Waals surface area contributed by atoms with E-state index >= 15 is 0 Å². The SMILES string of the molecule is CC(=O)C1=CCC=C2\C=C/C(c3cn[nH]c3-c3cccc(C)n3)=C/C=C/C2=C1. The summed E-state index contributed by atoms with van der Waals surface area (Å²) >= 11 is 0. The van der Waals surface area contributed by atoms with Crippen molar-refractivity contribution in [3.63, 3.8) is 0 Å². The maximum absolute atomic E-state index is 11.8. The van der Waals surface area contributed by atoms with Crippen LogP contribution in [0.15, 0.2) is 89.7 Å². The number of H-pyrrole nitrogens is 1. The second kappa shape index (κ2) is 7.61. The number of rotatable bonds is 3. The first kappa shape index (κ1) is 17.9. The molecule has 2 aromatic rings. The van der Waals surface area contributed by atoms with Gasteiger partial charge in [0.2, 0.25) is 0 Å². The van der Waals surface area contributed by atoms with Gasteiger partial charge in [0.25, 0.3) is 0 Å². The molecule has 2 aliphatic rings. The Kier molecular flexibility index (Phi) is 4.85. The van der Waals surface area contributed by atoms with Crippen molar-refractivity contribution in [2.75, 3.05) is 0 Å². The van der Waals surface area contributed by atoms with Gasteiger partial charge in [-0.1, -0.05) is 48.6 Å². The average Bonchev–Trinajstić information content (AvgIpc) is 3.05. The first-order chi connectivity index (χ1) is 13.6. The minimum atomic E-state index is 0.0894. The minimum Gasteiger partial charge on any atom is -0.295 e. The Bertz CT molecular complexity index is 1120. The van der Waals surface area contributed by atoms with Gasteiger partial charge >= 0.3 is 0 Å². The van der Waals surface area contributed by atoms with Crippen molar-refractivity contribution in [3.8, 4) is 11.4 Å². The summed E-state index contributed by atoms with van der Waals surface area (Å²) in [4.78, 5) is 16.4. The van der Waals surface area contributed by atoms with E-state index in [1.54, 1.807) is 6.92 Å². The molecule has 4 nitrogen and oxygen atoms in total. The molecule has 0 spiro atoms. The summed E-state index contributed by atoms with van der Waals surface area (Å²) in [6.45, 7) is 3.58. The van der Waals surface area contributed by atoms with Crippen molar-refractivity contribution in [2.45, 2.75) is 20.3 Å². The second-order valence-electron chi connectivity index (χ2n) is 6.85. The molecule has 4 rings (SSSR count). The molecular formula is C24H21N3O. The molecular weight excluding hydrogens is 346 g/mol. The summed E-state index contributed by atoms with van der Waals surface area (Å²) in [5.41, 5.74) is 7.69. The van der Waals surface area contributed by atoms with Crippen LogP contribution < -0.4 is 0 Å². The first-order valence-corrected chi connectivity index (χ1v) is 9.29. The fourth-order valence-corrected chi connectivity index (χ4v) is 3.35. The zero-order valence-electron chi connectivity index (χ0n) is 15.9. The number of aromatic nitrogens is 3. The minimum absolute atomic E-state index is 0.0894. The van der Waals surface area contributed by atoms with Crippen LogP contribution in [0, 0.1) is 6.92 Å². The number of aromatic amines is 1. The number of ketones is 1. The van der Waals surface area contributed by atoms with E-state index < -0.39 is 0 Å². The zero-order chi connectivity index (χ0) is 19.5. The molecule has 0 aliphatic heterocycles. The van der Waals surface area contributed by atoms with E-state index in [1.165, 1.54) is 0 Å². The van der Waals surface area contributed by atoms with E-state index in [-0.39, 0.29) is 5.78 Å². The Labute approximate surface area is 164 Å². The highest BCUT2D eigenvalue weighted by atomic mass is 16.1. The molecule has 0 aromatic carbocycles. The number of allylic oxidation sites excluding steroid dienone is 12. The summed E-state index contributed by atoms with van der Waals surface area (Å²) in [5.74, 6) is 0.0894. The highest BCUT2D eigenvalue weighted by molar-refractivity contribution is 5.97. The summed E-state index contributed by atoms with van der Waals surface area (Å²) in [7, 11) is 0. The number of hydrogen-bond donors (Lipinski definition) is 1. The van der Waals surface area contributed by atoms with Crippen LogP contribution in [-0.2, 0) is 4.79 Å². The number of fused-ring (bicyclic) bond motifs is 1. The summed E-state index contributed by atoms with van der Waals surface area (Å²) in [6, 6.07) is 5.96. The first-order valence-electron chi connectivity index (χ1n) is 9.29. The molecule has 2 heterocycles. The van der Waals surface area contributed by atoms with E-state index in [9.17, 15) is 4.79 Å². The summed E-state index contributed by atoms with van der Waals surface area (Å²) < 4.78 is 0. The molecule has 0 unspecified atom stereocenters. The Balaban J connectivity index is 1.73. The molecule has 0 saturated carbocycles. The number of Topliss-reactive ketones (excluding diaryl/α,β-unsaturated/α-hetero) is 1. The fraction of sp³-hybridized carbons (Fsp3) is 0.125. The number of carbonyl (C=O) groups is 1. The van der Waals surface area contributed by atoms with Crippen LogP contribution in [-0.4, -0.2) is 21.0 Å².